The van der Waals surface area contributed by atoms with Gasteiger partial charge in [0.15, 0.2) is 17.5 Å². The molecule has 1 heterocycles. The van der Waals surface area contributed by atoms with Crippen LogP contribution in [0, 0.1) is 17.5 Å². The molecule has 0 aliphatic heterocycles. The van der Waals surface area contributed by atoms with Crippen molar-refractivity contribution in [2.75, 3.05) is 0 Å². The lowest BCUT2D eigenvalue weighted by atomic mass is 10.3. The van der Waals surface area contributed by atoms with Gasteiger partial charge in [-0.1, -0.05) is 0 Å². The smallest absolute Gasteiger partial charge is 0.240 e. The fourth-order valence-corrected chi connectivity index (χ4v) is 1.27. The van der Waals surface area contributed by atoms with Crippen LogP contribution in [0.5, 0.6) is 0 Å². The highest BCUT2D eigenvalue weighted by Crippen LogP contribution is 2.20. The molecular formula is C10H5F5N2. The van der Waals surface area contributed by atoms with E-state index < -0.39 is 29.6 Å². The molecule has 0 saturated heterocycles. The second kappa shape index (κ2) is 4.15. The average Bonchev–Trinajstić information content (AvgIpc) is 2.74. The minimum absolute atomic E-state index is 0.173. The largest absolute Gasteiger partial charge is 0.282 e. The maximum atomic E-state index is 12.9. The van der Waals surface area contributed by atoms with Gasteiger partial charge in [-0.3, -0.25) is 0 Å². The average molecular weight is 248 g/mol. The molecule has 7 heteroatoms. The Morgan fingerprint density at radius 3 is 2.12 bits per heavy atom. The van der Waals surface area contributed by atoms with E-state index in [1.165, 1.54) is 0 Å². The molecule has 0 fully saturated rings. The number of nitrogens with zero attached hydrogens (tertiary/aromatic N) is 2. The molecular weight excluding hydrogens is 243 g/mol. The van der Waals surface area contributed by atoms with Gasteiger partial charge in [0, 0.05) is 18.3 Å². The molecule has 0 bridgehead atoms. The fraction of sp³-hybridized carbons (Fsp3) is 0.100. The van der Waals surface area contributed by atoms with E-state index in [-0.39, 0.29) is 5.69 Å². The van der Waals surface area contributed by atoms with Crippen molar-refractivity contribution < 1.29 is 22.0 Å². The first-order valence-electron chi connectivity index (χ1n) is 4.47. The molecule has 2 nitrogen and oxygen atoms in total. The van der Waals surface area contributed by atoms with Gasteiger partial charge in [0.1, 0.15) is 5.69 Å². The van der Waals surface area contributed by atoms with E-state index in [1.54, 1.807) is 0 Å². The van der Waals surface area contributed by atoms with Gasteiger partial charge in [-0.2, -0.15) is 5.10 Å². The third kappa shape index (κ3) is 2.13. The number of halogens is 5. The zero-order chi connectivity index (χ0) is 12.6. The summed E-state index contributed by atoms with van der Waals surface area (Å²) in [5, 5.41) is 3.40. The zero-order valence-corrected chi connectivity index (χ0v) is 8.17. The monoisotopic (exact) mass is 248 g/mol. The van der Waals surface area contributed by atoms with Crippen LogP contribution in [0.4, 0.5) is 22.0 Å². The summed E-state index contributed by atoms with van der Waals surface area (Å²) in [5.74, 6) is -4.43. The highest BCUT2D eigenvalue weighted by atomic mass is 19.3. The fourth-order valence-electron chi connectivity index (χ4n) is 1.27. The van der Waals surface area contributed by atoms with Crippen LogP contribution >= 0.6 is 0 Å². The Balaban J connectivity index is 2.46. The van der Waals surface area contributed by atoms with E-state index in [1.807, 2.05) is 0 Å². The van der Waals surface area contributed by atoms with Gasteiger partial charge in [0.2, 0.25) is 0 Å². The van der Waals surface area contributed by atoms with Gasteiger partial charge in [0.05, 0.1) is 5.69 Å². The molecule has 0 atom stereocenters. The molecule has 0 amide bonds. The molecule has 0 unspecified atom stereocenters. The highest BCUT2D eigenvalue weighted by molar-refractivity contribution is 5.33. The Morgan fingerprint density at radius 2 is 1.65 bits per heavy atom. The number of aromatic nitrogens is 2. The molecule has 0 saturated carbocycles. The Hall–Kier alpha value is -1.92. The summed E-state index contributed by atoms with van der Waals surface area (Å²) in [4.78, 5) is 0. The summed E-state index contributed by atoms with van der Waals surface area (Å²) in [6.07, 6.45) is -1.68. The molecule has 0 aliphatic carbocycles. The van der Waals surface area contributed by atoms with Crippen molar-refractivity contribution in [2.45, 2.75) is 6.43 Å². The first kappa shape index (κ1) is 11.6. The van der Waals surface area contributed by atoms with Crippen molar-refractivity contribution >= 4 is 0 Å². The quantitative estimate of drug-likeness (QED) is 0.589. The van der Waals surface area contributed by atoms with Crippen molar-refractivity contribution in [3.8, 4) is 5.69 Å². The minimum atomic E-state index is -2.79. The first-order valence-corrected chi connectivity index (χ1v) is 4.47. The van der Waals surface area contributed by atoms with Gasteiger partial charge in [0.25, 0.3) is 6.43 Å². The summed E-state index contributed by atoms with van der Waals surface area (Å²) in [6, 6.07) is 2.34. The highest BCUT2D eigenvalue weighted by Gasteiger charge is 2.14. The summed E-state index contributed by atoms with van der Waals surface area (Å²) in [5.41, 5.74) is -0.705. The Labute approximate surface area is 92.3 Å². The van der Waals surface area contributed by atoms with Crippen LogP contribution in [0.15, 0.2) is 24.4 Å². The van der Waals surface area contributed by atoms with E-state index in [9.17, 15) is 22.0 Å². The minimum Gasteiger partial charge on any atom is -0.240 e. The third-order valence-corrected chi connectivity index (χ3v) is 2.07. The van der Waals surface area contributed by atoms with Crippen LogP contribution in [0.2, 0.25) is 0 Å². The van der Waals surface area contributed by atoms with E-state index >= 15 is 0 Å². The zero-order valence-electron chi connectivity index (χ0n) is 8.17. The van der Waals surface area contributed by atoms with Gasteiger partial charge < -0.3 is 0 Å². The maximum Gasteiger partial charge on any atom is 0.282 e. The topological polar surface area (TPSA) is 17.8 Å². The Morgan fingerprint density at radius 1 is 1.06 bits per heavy atom. The SMILES string of the molecule is Fc1cc(-n2ccc(C(F)F)n2)cc(F)c1F. The third-order valence-electron chi connectivity index (χ3n) is 2.07. The van der Waals surface area contributed by atoms with E-state index in [4.69, 9.17) is 0 Å². The number of benzene rings is 1. The molecule has 2 aromatic rings. The summed E-state index contributed by atoms with van der Waals surface area (Å²) in [6.45, 7) is 0. The molecule has 0 N–H and O–H groups in total. The molecule has 1 aromatic carbocycles. The molecule has 2 rings (SSSR count). The Bertz CT molecular complexity index is 526. The van der Waals surface area contributed by atoms with Crippen LogP contribution in [0.25, 0.3) is 5.69 Å². The summed E-state index contributed by atoms with van der Waals surface area (Å²) >= 11 is 0. The maximum absolute atomic E-state index is 12.9. The molecule has 17 heavy (non-hydrogen) atoms. The van der Waals surface area contributed by atoms with Gasteiger partial charge in [-0.05, 0) is 6.07 Å². The second-order valence-electron chi connectivity index (χ2n) is 3.21. The number of hydrogen-bond donors (Lipinski definition) is 0. The first-order chi connectivity index (χ1) is 7.99. The molecule has 90 valence electrons. The predicted molar refractivity (Wildman–Crippen MR) is 48.4 cm³/mol. The van der Waals surface area contributed by atoms with Crippen molar-refractivity contribution in [3.63, 3.8) is 0 Å². The van der Waals surface area contributed by atoms with Crippen LogP contribution in [0.3, 0.4) is 0 Å². The molecule has 0 aliphatic rings. The molecule has 0 spiro atoms. The van der Waals surface area contributed by atoms with Crippen molar-refractivity contribution in [1.82, 2.24) is 9.78 Å². The normalized spacial score (nSPS) is 11.2. The van der Waals surface area contributed by atoms with Gasteiger partial charge in [-0.25, -0.2) is 26.6 Å². The van der Waals surface area contributed by atoms with Crippen LogP contribution in [-0.4, -0.2) is 9.78 Å². The Kier molecular flexibility index (Phi) is 2.83. The lowest BCUT2D eigenvalue weighted by Crippen LogP contribution is -2.00. The van der Waals surface area contributed by atoms with Crippen LogP contribution in [0.1, 0.15) is 12.1 Å². The number of rotatable bonds is 2. The van der Waals surface area contributed by atoms with Crippen molar-refractivity contribution in [2.24, 2.45) is 0 Å². The van der Waals surface area contributed by atoms with Crippen LogP contribution < -0.4 is 0 Å². The van der Waals surface area contributed by atoms with Gasteiger partial charge >= 0.3 is 0 Å². The van der Waals surface area contributed by atoms with E-state index in [2.05, 4.69) is 5.10 Å². The van der Waals surface area contributed by atoms with Gasteiger partial charge in [-0.15, -0.1) is 0 Å². The lowest BCUT2D eigenvalue weighted by molar-refractivity contribution is 0.145. The summed E-state index contributed by atoms with van der Waals surface area (Å²) < 4.78 is 63.7. The number of alkyl halides is 2. The second-order valence-corrected chi connectivity index (χ2v) is 3.21. The predicted octanol–water partition coefficient (Wildman–Crippen LogP) is 3.23. The molecule has 0 radical (unpaired) electrons. The lowest BCUT2D eigenvalue weighted by Gasteiger charge is -2.03. The summed E-state index contributed by atoms with van der Waals surface area (Å²) in [7, 11) is 0. The van der Waals surface area contributed by atoms with E-state index in [0.29, 0.717) is 12.1 Å². The van der Waals surface area contributed by atoms with Crippen LogP contribution in [-0.2, 0) is 0 Å². The molecule has 1 aromatic heterocycles. The van der Waals surface area contributed by atoms with Crippen molar-refractivity contribution in [1.29, 1.82) is 0 Å². The standard InChI is InChI=1S/C10H5F5N2/c11-6-3-5(4-7(12)9(6)13)17-2-1-8(16-17)10(14)15/h1-4,10H. The van der Waals surface area contributed by atoms with E-state index in [0.717, 1.165) is 16.9 Å². The van der Waals surface area contributed by atoms with Crippen molar-refractivity contribution in [3.05, 3.63) is 47.5 Å². The number of hydrogen-bond acceptors (Lipinski definition) is 1.